The Balaban J connectivity index is 2.43. The highest BCUT2D eigenvalue weighted by atomic mass is 16.5. The van der Waals surface area contributed by atoms with E-state index >= 15 is 0 Å². The molecule has 1 aliphatic rings. The molecule has 1 aliphatic heterocycles. The molecule has 0 amide bonds. The van der Waals surface area contributed by atoms with Crippen LogP contribution in [0.3, 0.4) is 0 Å². The van der Waals surface area contributed by atoms with Crippen LogP contribution in [0.5, 0.6) is 11.5 Å². The molecule has 0 unspecified atom stereocenters. The summed E-state index contributed by atoms with van der Waals surface area (Å²) in [6.07, 6.45) is 1.80. The van der Waals surface area contributed by atoms with Crippen LogP contribution in [0.25, 0.3) is 0 Å². The fourth-order valence-electron chi connectivity index (χ4n) is 1.90. The average Bonchev–Trinajstić information content (AvgIpc) is 2.66. The quantitative estimate of drug-likeness (QED) is 0.782. The summed E-state index contributed by atoms with van der Waals surface area (Å²) in [5, 5.41) is 0. The van der Waals surface area contributed by atoms with Crippen molar-refractivity contribution in [3.8, 4) is 11.5 Å². The molecule has 0 spiro atoms. The third kappa shape index (κ3) is 1.44. The van der Waals surface area contributed by atoms with E-state index in [0.717, 1.165) is 30.9 Å². The summed E-state index contributed by atoms with van der Waals surface area (Å²) >= 11 is 0. The molecule has 2 rings (SSSR count). The Morgan fingerprint density at radius 1 is 1.50 bits per heavy atom. The standard InChI is InChI=1S/C11H15NO2/c1-13-11-8(4-6-12)2-3-10-9(11)5-7-14-10/h2-3H,4-7,12H2,1H3. The molecule has 0 bridgehead atoms. The van der Waals surface area contributed by atoms with Crippen LogP contribution >= 0.6 is 0 Å². The van der Waals surface area contributed by atoms with E-state index in [-0.39, 0.29) is 0 Å². The zero-order valence-corrected chi connectivity index (χ0v) is 8.38. The summed E-state index contributed by atoms with van der Waals surface area (Å²) in [4.78, 5) is 0. The lowest BCUT2D eigenvalue weighted by molar-refractivity contribution is 0.356. The van der Waals surface area contributed by atoms with Crippen molar-refractivity contribution in [2.24, 2.45) is 5.73 Å². The fourth-order valence-corrected chi connectivity index (χ4v) is 1.90. The molecule has 3 nitrogen and oxygen atoms in total. The smallest absolute Gasteiger partial charge is 0.129 e. The molecular weight excluding hydrogens is 178 g/mol. The topological polar surface area (TPSA) is 44.5 Å². The molecule has 1 aromatic rings. The minimum absolute atomic E-state index is 0.649. The third-order valence-corrected chi connectivity index (χ3v) is 2.53. The van der Waals surface area contributed by atoms with E-state index in [9.17, 15) is 0 Å². The van der Waals surface area contributed by atoms with Crippen LogP contribution in [0.2, 0.25) is 0 Å². The van der Waals surface area contributed by atoms with Crippen molar-refractivity contribution in [2.45, 2.75) is 12.8 Å². The molecule has 0 radical (unpaired) electrons. The van der Waals surface area contributed by atoms with Gasteiger partial charge >= 0.3 is 0 Å². The van der Waals surface area contributed by atoms with Gasteiger partial charge in [-0.1, -0.05) is 6.07 Å². The largest absolute Gasteiger partial charge is 0.496 e. The lowest BCUT2D eigenvalue weighted by atomic mass is 10.0. The second kappa shape index (κ2) is 3.88. The van der Waals surface area contributed by atoms with Crippen molar-refractivity contribution in [1.82, 2.24) is 0 Å². The number of fused-ring (bicyclic) bond motifs is 1. The predicted molar refractivity (Wildman–Crippen MR) is 55.0 cm³/mol. The number of nitrogens with two attached hydrogens (primary N) is 1. The van der Waals surface area contributed by atoms with Crippen molar-refractivity contribution in [1.29, 1.82) is 0 Å². The first-order valence-corrected chi connectivity index (χ1v) is 4.88. The summed E-state index contributed by atoms with van der Waals surface area (Å²) in [6.45, 7) is 1.41. The molecule has 0 fully saturated rings. The summed E-state index contributed by atoms with van der Waals surface area (Å²) < 4.78 is 10.9. The Bertz CT molecular complexity index is 336. The van der Waals surface area contributed by atoms with Gasteiger partial charge in [0, 0.05) is 12.0 Å². The van der Waals surface area contributed by atoms with E-state index in [0.29, 0.717) is 6.54 Å². The van der Waals surface area contributed by atoms with Gasteiger partial charge in [-0.25, -0.2) is 0 Å². The summed E-state index contributed by atoms with van der Waals surface area (Å²) in [5.41, 5.74) is 7.92. The van der Waals surface area contributed by atoms with E-state index in [1.54, 1.807) is 7.11 Å². The number of ether oxygens (including phenoxy) is 2. The normalized spacial score (nSPS) is 13.6. The zero-order chi connectivity index (χ0) is 9.97. The van der Waals surface area contributed by atoms with E-state index in [4.69, 9.17) is 15.2 Å². The predicted octanol–water partition coefficient (Wildman–Crippen LogP) is 1.13. The first kappa shape index (κ1) is 9.34. The Labute approximate surface area is 83.8 Å². The van der Waals surface area contributed by atoms with Crippen LogP contribution in [0.1, 0.15) is 11.1 Å². The summed E-state index contributed by atoms with van der Waals surface area (Å²) in [7, 11) is 1.70. The van der Waals surface area contributed by atoms with Gasteiger partial charge in [-0.2, -0.15) is 0 Å². The highest BCUT2D eigenvalue weighted by molar-refractivity contribution is 5.52. The van der Waals surface area contributed by atoms with Crippen molar-refractivity contribution in [2.75, 3.05) is 20.3 Å². The molecular formula is C11H15NO2. The highest BCUT2D eigenvalue weighted by Crippen LogP contribution is 2.36. The number of hydrogen-bond donors (Lipinski definition) is 1. The van der Waals surface area contributed by atoms with E-state index in [2.05, 4.69) is 0 Å². The Hall–Kier alpha value is -1.22. The fraction of sp³-hybridized carbons (Fsp3) is 0.455. The molecule has 0 saturated carbocycles. The van der Waals surface area contributed by atoms with Gasteiger partial charge in [0.15, 0.2) is 0 Å². The Kier molecular flexibility index (Phi) is 2.59. The van der Waals surface area contributed by atoms with Gasteiger partial charge in [0.1, 0.15) is 11.5 Å². The second-order valence-corrected chi connectivity index (χ2v) is 3.37. The first-order chi connectivity index (χ1) is 6.86. The summed E-state index contributed by atoms with van der Waals surface area (Å²) in [5.74, 6) is 1.92. The lowest BCUT2D eigenvalue weighted by Crippen LogP contribution is -2.05. The maximum absolute atomic E-state index is 5.54. The lowest BCUT2D eigenvalue weighted by Gasteiger charge is -2.11. The van der Waals surface area contributed by atoms with Gasteiger partial charge in [-0.05, 0) is 24.6 Å². The van der Waals surface area contributed by atoms with E-state index < -0.39 is 0 Å². The Morgan fingerprint density at radius 3 is 3.07 bits per heavy atom. The van der Waals surface area contributed by atoms with Gasteiger partial charge < -0.3 is 15.2 Å². The average molecular weight is 193 g/mol. The molecule has 3 heteroatoms. The van der Waals surface area contributed by atoms with Gasteiger partial charge in [-0.3, -0.25) is 0 Å². The third-order valence-electron chi connectivity index (χ3n) is 2.53. The molecule has 2 N–H and O–H groups in total. The van der Waals surface area contributed by atoms with Gasteiger partial charge in [0.25, 0.3) is 0 Å². The molecule has 0 aromatic heterocycles. The van der Waals surface area contributed by atoms with Crippen molar-refractivity contribution in [3.05, 3.63) is 23.3 Å². The van der Waals surface area contributed by atoms with Crippen molar-refractivity contribution < 1.29 is 9.47 Å². The van der Waals surface area contributed by atoms with Crippen LogP contribution in [0.4, 0.5) is 0 Å². The van der Waals surface area contributed by atoms with Gasteiger partial charge in [-0.15, -0.1) is 0 Å². The molecule has 0 saturated heterocycles. The second-order valence-electron chi connectivity index (χ2n) is 3.37. The van der Waals surface area contributed by atoms with Crippen LogP contribution in [-0.4, -0.2) is 20.3 Å². The first-order valence-electron chi connectivity index (χ1n) is 4.88. The van der Waals surface area contributed by atoms with E-state index in [1.807, 2.05) is 12.1 Å². The molecule has 0 atom stereocenters. The van der Waals surface area contributed by atoms with Crippen LogP contribution < -0.4 is 15.2 Å². The SMILES string of the molecule is COc1c(CCN)ccc2c1CCO2. The van der Waals surface area contributed by atoms with Crippen LogP contribution in [-0.2, 0) is 12.8 Å². The maximum atomic E-state index is 5.54. The molecule has 76 valence electrons. The molecule has 1 aromatic carbocycles. The minimum atomic E-state index is 0.649. The molecule has 1 heterocycles. The van der Waals surface area contributed by atoms with Gasteiger partial charge in [0.2, 0.25) is 0 Å². The van der Waals surface area contributed by atoms with Crippen LogP contribution in [0.15, 0.2) is 12.1 Å². The monoisotopic (exact) mass is 193 g/mol. The number of methoxy groups -OCH3 is 1. The van der Waals surface area contributed by atoms with E-state index in [1.165, 1.54) is 11.1 Å². The van der Waals surface area contributed by atoms with Crippen LogP contribution in [0, 0.1) is 0 Å². The molecule has 0 aliphatic carbocycles. The number of benzene rings is 1. The molecule has 14 heavy (non-hydrogen) atoms. The highest BCUT2D eigenvalue weighted by Gasteiger charge is 2.19. The van der Waals surface area contributed by atoms with Gasteiger partial charge in [0.05, 0.1) is 13.7 Å². The van der Waals surface area contributed by atoms with Crippen molar-refractivity contribution >= 4 is 0 Å². The number of hydrogen-bond acceptors (Lipinski definition) is 3. The minimum Gasteiger partial charge on any atom is -0.496 e. The number of rotatable bonds is 3. The zero-order valence-electron chi connectivity index (χ0n) is 8.38. The Morgan fingerprint density at radius 2 is 2.36 bits per heavy atom. The van der Waals surface area contributed by atoms with Crippen molar-refractivity contribution in [3.63, 3.8) is 0 Å². The maximum Gasteiger partial charge on any atom is 0.129 e. The summed E-state index contributed by atoms with van der Waals surface area (Å²) in [6, 6.07) is 4.05.